The highest BCUT2D eigenvalue weighted by atomic mass is 32.2. The first-order valence-corrected chi connectivity index (χ1v) is 11.1. The summed E-state index contributed by atoms with van der Waals surface area (Å²) in [7, 11) is 0. The van der Waals surface area contributed by atoms with Crippen LogP contribution in [-0.2, 0) is 12.3 Å². The molecule has 0 atom stereocenters. The highest BCUT2D eigenvalue weighted by Crippen LogP contribution is 2.26. The topological polar surface area (TPSA) is 71.4 Å². The number of nitrogens with one attached hydrogen (secondary N) is 2. The number of aryl methyl sites for hydroxylation is 1. The van der Waals surface area contributed by atoms with Crippen LogP contribution in [0.15, 0.2) is 84.0 Å². The summed E-state index contributed by atoms with van der Waals surface area (Å²) in [5.74, 6) is 2.47. The molecule has 0 amide bonds. The average Bonchev–Trinajstić information content (AvgIpc) is 3.40. The van der Waals surface area contributed by atoms with E-state index in [9.17, 15) is 0 Å². The second kappa shape index (κ2) is 8.65. The standard InChI is InChI=1S/C24H22N6S/c1-17-12-13-20-21(14-17)27-22(26-20)16-31-24-29-28-23(15-25-18-8-4-2-5-9-18)30(24)19-10-6-3-7-11-19/h2-14,25H,15-16H2,1H3,(H,26,27). The molecule has 0 bridgehead atoms. The molecule has 0 radical (unpaired) electrons. The van der Waals surface area contributed by atoms with Crippen LogP contribution in [0.25, 0.3) is 16.7 Å². The van der Waals surface area contributed by atoms with Crippen LogP contribution in [0, 0.1) is 6.92 Å². The minimum absolute atomic E-state index is 0.580. The van der Waals surface area contributed by atoms with Crippen molar-refractivity contribution in [2.75, 3.05) is 5.32 Å². The van der Waals surface area contributed by atoms with E-state index in [4.69, 9.17) is 4.98 Å². The first-order valence-electron chi connectivity index (χ1n) is 10.1. The Morgan fingerprint density at radius 3 is 2.52 bits per heavy atom. The quantitative estimate of drug-likeness (QED) is 0.343. The van der Waals surface area contributed by atoms with Gasteiger partial charge in [-0.15, -0.1) is 10.2 Å². The zero-order valence-corrected chi connectivity index (χ0v) is 17.9. The number of anilines is 1. The van der Waals surface area contributed by atoms with Gasteiger partial charge in [0.15, 0.2) is 11.0 Å². The molecule has 7 heteroatoms. The van der Waals surface area contributed by atoms with E-state index >= 15 is 0 Å². The molecule has 3 aromatic carbocycles. The van der Waals surface area contributed by atoms with Gasteiger partial charge in [0.25, 0.3) is 0 Å². The maximum Gasteiger partial charge on any atom is 0.196 e. The molecule has 0 fully saturated rings. The number of fused-ring (bicyclic) bond motifs is 1. The first kappa shape index (κ1) is 19.4. The van der Waals surface area contributed by atoms with E-state index in [2.05, 4.69) is 62.3 Å². The molecule has 6 nitrogen and oxygen atoms in total. The molecular weight excluding hydrogens is 404 g/mol. The number of nitrogens with zero attached hydrogens (tertiary/aromatic N) is 4. The van der Waals surface area contributed by atoms with Crippen LogP contribution in [0.4, 0.5) is 5.69 Å². The molecule has 154 valence electrons. The van der Waals surface area contributed by atoms with E-state index in [1.54, 1.807) is 11.8 Å². The van der Waals surface area contributed by atoms with E-state index < -0.39 is 0 Å². The van der Waals surface area contributed by atoms with E-state index in [0.717, 1.165) is 39.2 Å². The first-order chi connectivity index (χ1) is 15.3. The van der Waals surface area contributed by atoms with Gasteiger partial charge in [-0.1, -0.05) is 54.2 Å². The fourth-order valence-corrected chi connectivity index (χ4v) is 4.30. The third-order valence-electron chi connectivity index (χ3n) is 4.96. The summed E-state index contributed by atoms with van der Waals surface area (Å²) in [6.07, 6.45) is 0. The maximum atomic E-state index is 4.71. The van der Waals surface area contributed by atoms with E-state index in [-0.39, 0.29) is 0 Å². The third-order valence-corrected chi connectivity index (χ3v) is 5.90. The minimum atomic E-state index is 0.580. The van der Waals surface area contributed by atoms with Gasteiger partial charge in [0.1, 0.15) is 5.82 Å². The molecule has 0 unspecified atom stereocenters. The Balaban J connectivity index is 1.40. The molecule has 0 saturated heterocycles. The number of hydrogen-bond donors (Lipinski definition) is 2. The van der Waals surface area contributed by atoms with Gasteiger partial charge in [-0.2, -0.15) is 0 Å². The van der Waals surface area contributed by atoms with Crippen LogP contribution in [0.3, 0.4) is 0 Å². The molecule has 2 N–H and O–H groups in total. The van der Waals surface area contributed by atoms with Crippen LogP contribution in [0.5, 0.6) is 0 Å². The number of rotatable bonds is 7. The fraction of sp³-hybridized carbons (Fsp3) is 0.125. The van der Waals surface area contributed by atoms with E-state index in [1.165, 1.54) is 5.56 Å². The van der Waals surface area contributed by atoms with Crippen molar-refractivity contribution in [3.8, 4) is 5.69 Å². The summed E-state index contributed by atoms with van der Waals surface area (Å²) in [5.41, 5.74) is 5.36. The van der Waals surface area contributed by atoms with Gasteiger partial charge < -0.3 is 10.3 Å². The van der Waals surface area contributed by atoms with Crippen LogP contribution < -0.4 is 5.32 Å². The van der Waals surface area contributed by atoms with Crippen molar-refractivity contribution in [2.45, 2.75) is 24.4 Å². The highest BCUT2D eigenvalue weighted by Gasteiger charge is 2.15. The molecule has 0 saturated carbocycles. The molecular formula is C24H22N6S. The van der Waals surface area contributed by atoms with E-state index in [1.807, 2.05) is 48.5 Å². The zero-order chi connectivity index (χ0) is 21.0. The zero-order valence-electron chi connectivity index (χ0n) is 17.1. The third kappa shape index (κ3) is 4.32. The predicted molar refractivity (Wildman–Crippen MR) is 126 cm³/mol. The summed E-state index contributed by atoms with van der Waals surface area (Å²) in [6.45, 7) is 2.67. The number of benzene rings is 3. The Morgan fingerprint density at radius 1 is 0.935 bits per heavy atom. The number of imidazole rings is 1. The van der Waals surface area contributed by atoms with E-state index in [0.29, 0.717) is 12.3 Å². The number of para-hydroxylation sites is 2. The van der Waals surface area contributed by atoms with Gasteiger partial charge in [-0.05, 0) is 48.9 Å². The number of H-pyrrole nitrogens is 1. The number of hydrogen-bond acceptors (Lipinski definition) is 5. The Kier molecular flexibility index (Phi) is 5.41. The van der Waals surface area contributed by atoms with Crippen molar-refractivity contribution in [3.05, 3.63) is 96.1 Å². The molecule has 0 aliphatic heterocycles. The van der Waals surface area contributed by atoms with Gasteiger partial charge in [-0.3, -0.25) is 4.57 Å². The minimum Gasteiger partial charge on any atom is -0.378 e. The second-order valence-corrected chi connectivity index (χ2v) is 8.22. The van der Waals surface area contributed by atoms with Gasteiger partial charge in [0.2, 0.25) is 0 Å². The summed E-state index contributed by atoms with van der Waals surface area (Å²) < 4.78 is 2.10. The fourth-order valence-electron chi connectivity index (χ4n) is 3.46. The molecule has 0 aliphatic carbocycles. The Bertz CT molecular complexity index is 1290. The van der Waals surface area contributed by atoms with Crippen molar-refractivity contribution in [3.63, 3.8) is 0 Å². The van der Waals surface area contributed by atoms with Gasteiger partial charge in [0.05, 0.1) is 23.3 Å². The van der Waals surface area contributed by atoms with Crippen molar-refractivity contribution < 1.29 is 0 Å². The number of thioether (sulfide) groups is 1. The molecule has 2 aromatic heterocycles. The molecule has 31 heavy (non-hydrogen) atoms. The largest absolute Gasteiger partial charge is 0.378 e. The number of aromatic nitrogens is 5. The number of aromatic amines is 1. The van der Waals surface area contributed by atoms with Crippen molar-refractivity contribution in [1.29, 1.82) is 0 Å². The molecule has 0 aliphatic rings. The molecule has 5 aromatic rings. The Hall–Kier alpha value is -3.58. The summed E-state index contributed by atoms with van der Waals surface area (Å²) in [6, 6.07) is 26.6. The summed E-state index contributed by atoms with van der Waals surface area (Å²) >= 11 is 1.62. The van der Waals surface area contributed by atoms with Crippen molar-refractivity contribution in [1.82, 2.24) is 24.7 Å². The van der Waals surface area contributed by atoms with Gasteiger partial charge in [0, 0.05) is 11.4 Å². The lowest BCUT2D eigenvalue weighted by Gasteiger charge is -2.11. The van der Waals surface area contributed by atoms with Gasteiger partial charge in [-0.25, -0.2) is 4.98 Å². The summed E-state index contributed by atoms with van der Waals surface area (Å²) in [4.78, 5) is 8.13. The smallest absolute Gasteiger partial charge is 0.196 e. The second-order valence-electron chi connectivity index (χ2n) is 7.28. The monoisotopic (exact) mass is 426 g/mol. The molecule has 2 heterocycles. The summed E-state index contributed by atoms with van der Waals surface area (Å²) in [5, 5.41) is 13.2. The van der Waals surface area contributed by atoms with Crippen LogP contribution in [-0.4, -0.2) is 24.7 Å². The molecule has 0 spiro atoms. The lowest BCUT2D eigenvalue weighted by molar-refractivity contribution is 0.840. The molecule has 5 rings (SSSR count). The SMILES string of the molecule is Cc1ccc2nc(CSc3nnc(CNc4ccccc4)n3-c3ccccc3)[nH]c2c1. The lowest BCUT2D eigenvalue weighted by Crippen LogP contribution is -2.08. The van der Waals surface area contributed by atoms with Crippen LogP contribution >= 0.6 is 11.8 Å². The van der Waals surface area contributed by atoms with Crippen LogP contribution in [0.1, 0.15) is 17.2 Å². The lowest BCUT2D eigenvalue weighted by atomic mass is 10.2. The average molecular weight is 427 g/mol. The van der Waals surface area contributed by atoms with Gasteiger partial charge >= 0.3 is 0 Å². The van der Waals surface area contributed by atoms with Crippen LogP contribution in [0.2, 0.25) is 0 Å². The predicted octanol–water partition coefficient (Wildman–Crippen LogP) is 5.36. The highest BCUT2D eigenvalue weighted by molar-refractivity contribution is 7.98. The Morgan fingerprint density at radius 2 is 1.71 bits per heavy atom. The normalized spacial score (nSPS) is 11.1. The van der Waals surface area contributed by atoms with Crippen molar-refractivity contribution >= 4 is 28.5 Å². The maximum absolute atomic E-state index is 4.71. The van der Waals surface area contributed by atoms with Crippen molar-refractivity contribution in [2.24, 2.45) is 0 Å². The Labute approximate surface area is 184 Å².